The van der Waals surface area contributed by atoms with E-state index in [4.69, 9.17) is 0 Å². The van der Waals surface area contributed by atoms with E-state index >= 15 is 0 Å². The van der Waals surface area contributed by atoms with Gasteiger partial charge in [-0.3, -0.25) is 4.90 Å². The number of benzene rings is 1. The number of likely N-dealkylation sites (tertiary alicyclic amines) is 1. The second-order valence-corrected chi connectivity index (χ2v) is 6.63. The summed E-state index contributed by atoms with van der Waals surface area (Å²) in [6, 6.07) is 11.3. The van der Waals surface area contributed by atoms with Crippen LogP contribution in [0, 0.1) is 5.92 Å². The maximum atomic E-state index is 2.82. The molecule has 1 aromatic rings. The molecule has 0 aromatic heterocycles. The van der Waals surface area contributed by atoms with Gasteiger partial charge in [-0.25, -0.2) is 0 Å². The molecule has 2 heteroatoms. The normalized spacial score (nSPS) is 31.6. The molecule has 1 saturated heterocycles. The van der Waals surface area contributed by atoms with Gasteiger partial charge < -0.3 is 0 Å². The van der Waals surface area contributed by atoms with E-state index in [0.717, 1.165) is 5.92 Å². The Morgan fingerprint density at radius 2 is 1.55 bits per heavy atom. The lowest BCUT2D eigenvalue weighted by atomic mass is 9.71. The molecule has 1 aromatic carbocycles. The summed E-state index contributed by atoms with van der Waals surface area (Å²) in [5.41, 5.74) is 1.93. The minimum atomic E-state index is 0. The van der Waals surface area contributed by atoms with Crippen LogP contribution in [0.5, 0.6) is 0 Å². The molecule has 0 radical (unpaired) electrons. The predicted octanol–water partition coefficient (Wildman–Crippen LogP) is 5.00. The number of halogens is 1. The zero-order chi connectivity index (χ0) is 13.1. The van der Waals surface area contributed by atoms with Crippen molar-refractivity contribution >= 4 is 12.4 Å². The van der Waals surface area contributed by atoms with Gasteiger partial charge in [0.1, 0.15) is 0 Å². The van der Waals surface area contributed by atoms with Crippen LogP contribution in [0.2, 0.25) is 0 Å². The van der Waals surface area contributed by atoms with Crippen LogP contribution in [0.25, 0.3) is 0 Å². The van der Waals surface area contributed by atoms with Crippen LogP contribution in [0.3, 0.4) is 0 Å². The van der Waals surface area contributed by atoms with Gasteiger partial charge in [-0.2, -0.15) is 0 Å². The van der Waals surface area contributed by atoms with Crippen molar-refractivity contribution in [2.75, 3.05) is 13.1 Å². The van der Waals surface area contributed by atoms with E-state index in [1.165, 1.54) is 58.0 Å². The van der Waals surface area contributed by atoms with E-state index in [9.17, 15) is 0 Å². The molecular weight excluding hydrogens is 266 g/mol. The molecule has 112 valence electrons. The quantitative estimate of drug-likeness (QED) is 0.742. The van der Waals surface area contributed by atoms with Gasteiger partial charge in [0.2, 0.25) is 0 Å². The molecule has 0 spiro atoms. The van der Waals surface area contributed by atoms with Crippen molar-refractivity contribution in [3.63, 3.8) is 0 Å². The summed E-state index contributed by atoms with van der Waals surface area (Å²) in [6.45, 7) is 5.04. The lowest BCUT2D eigenvalue weighted by Gasteiger charge is -2.50. The van der Waals surface area contributed by atoms with Gasteiger partial charge in [0.25, 0.3) is 0 Å². The van der Waals surface area contributed by atoms with Crippen molar-refractivity contribution < 1.29 is 0 Å². The third-order valence-electron chi connectivity index (χ3n) is 5.37. The first-order chi connectivity index (χ1) is 9.31. The maximum Gasteiger partial charge on any atom is 0.0460 e. The Morgan fingerprint density at radius 1 is 0.950 bits per heavy atom. The number of piperidine rings is 1. The molecule has 1 aliphatic heterocycles. The molecule has 0 N–H and O–H groups in total. The summed E-state index contributed by atoms with van der Waals surface area (Å²) in [5.74, 6) is 0.918. The molecule has 2 aliphatic rings. The summed E-state index contributed by atoms with van der Waals surface area (Å²) >= 11 is 0. The second-order valence-electron chi connectivity index (χ2n) is 6.63. The van der Waals surface area contributed by atoms with Gasteiger partial charge in [-0.15, -0.1) is 12.4 Å². The van der Waals surface area contributed by atoms with Gasteiger partial charge in [-0.1, -0.05) is 43.7 Å². The van der Waals surface area contributed by atoms with Crippen LogP contribution < -0.4 is 0 Å². The number of rotatable bonds is 2. The SMILES string of the molecule is CC1CCC(c2ccccc2)(N2CCCCC2)CC1.Cl. The highest BCUT2D eigenvalue weighted by Crippen LogP contribution is 2.45. The predicted molar refractivity (Wildman–Crippen MR) is 88.4 cm³/mol. The van der Waals surface area contributed by atoms with Crippen molar-refractivity contribution in [3.05, 3.63) is 35.9 Å². The lowest BCUT2D eigenvalue weighted by molar-refractivity contribution is 0.0196. The van der Waals surface area contributed by atoms with Crippen LogP contribution in [0.4, 0.5) is 0 Å². The Labute approximate surface area is 130 Å². The van der Waals surface area contributed by atoms with Gasteiger partial charge in [0.15, 0.2) is 0 Å². The van der Waals surface area contributed by atoms with Crippen molar-refractivity contribution in [1.29, 1.82) is 0 Å². The largest absolute Gasteiger partial charge is 0.294 e. The molecule has 0 unspecified atom stereocenters. The monoisotopic (exact) mass is 293 g/mol. The first-order valence-electron chi connectivity index (χ1n) is 8.12. The van der Waals surface area contributed by atoms with E-state index in [1.54, 1.807) is 5.56 Å². The summed E-state index contributed by atoms with van der Waals surface area (Å²) in [5, 5.41) is 0. The average Bonchev–Trinajstić information content (AvgIpc) is 2.50. The summed E-state index contributed by atoms with van der Waals surface area (Å²) in [7, 11) is 0. The molecule has 1 aliphatic carbocycles. The zero-order valence-corrected chi connectivity index (χ0v) is 13.5. The highest BCUT2D eigenvalue weighted by molar-refractivity contribution is 5.85. The first-order valence-corrected chi connectivity index (χ1v) is 8.12. The zero-order valence-electron chi connectivity index (χ0n) is 12.7. The molecule has 0 bridgehead atoms. The first kappa shape index (κ1) is 15.9. The standard InChI is InChI=1S/C18H27N.ClH/c1-16-10-12-18(13-11-16,17-8-4-2-5-9-17)19-14-6-3-7-15-19;/h2,4-5,8-9,16H,3,6-7,10-15H2,1H3;1H. The molecule has 1 nitrogen and oxygen atoms in total. The minimum absolute atomic E-state index is 0. The van der Waals surface area contributed by atoms with Crippen molar-refractivity contribution in [2.45, 2.75) is 57.4 Å². The van der Waals surface area contributed by atoms with Gasteiger partial charge >= 0.3 is 0 Å². The third kappa shape index (κ3) is 3.04. The second kappa shape index (κ2) is 6.95. The van der Waals surface area contributed by atoms with Crippen molar-refractivity contribution in [3.8, 4) is 0 Å². The van der Waals surface area contributed by atoms with Crippen molar-refractivity contribution in [1.82, 2.24) is 4.90 Å². The number of hydrogen-bond donors (Lipinski definition) is 0. The average molecular weight is 294 g/mol. The lowest BCUT2D eigenvalue weighted by Crippen LogP contribution is -2.50. The maximum absolute atomic E-state index is 2.82. The molecule has 3 rings (SSSR count). The van der Waals surface area contributed by atoms with Gasteiger partial charge in [0, 0.05) is 5.54 Å². The summed E-state index contributed by atoms with van der Waals surface area (Å²) in [4.78, 5) is 2.82. The Hall–Kier alpha value is -0.530. The highest BCUT2D eigenvalue weighted by Gasteiger charge is 2.40. The van der Waals surface area contributed by atoms with Crippen LogP contribution >= 0.6 is 12.4 Å². The fourth-order valence-corrected chi connectivity index (χ4v) is 4.10. The Kier molecular flexibility index (Phi) is 5.51. The van der Waals surface area contributed by atoms with E-state index in [-0.39, 0.29) is 12.4 Å². The molecule has 1 saturated carbocycles. The van der Waals surface area contributed by atoms with Crippen LogP contribution in [-0.4, -0.2) is 18.0 Å². The molecule has 0 atom stereocenters. The third-order valence-corrected chi connectivity index (χ3v) is 5.37. The Morgan fingerprint density at radius 3 is 2.15 bits per heavy atom. The molecule has 2 fully saturated rings. The van der Waals surface area contributed by atoms with Crippen LogP contribution in [0.1, 0.15) is 57.4 Å². The smallest absolute Gasteiger partial charge is 0.0460 e. The molecule has 20 heavy (non-hydrogen) atoms. The fraction of sp³-hybridized carbons (Fsp3) is 0.667. The van der Waals surface area contributed by atoms with Gasteiger partial charge in [-0.05, 0) is 63.1 Å². The van der Waals surface area contributed by atoms with E-state index in [1.807, 2.05) is 0 Å². The number of nitrogens with zero attached hydrogens (tertiary/aromatic N) is 1. The van der Waals surface area contributed by atoms with Gasteiger partial charge in [0.05, 0.1) is 0 Å². The van der Waals surface area contributed by atoms with Crippen LogP contribution in [0.15, 0.2) is 30.3 Å². The Bertz CT molecular complexity index is 389. The molecule has 1 heterocycles. The van der Waals surface area contributed by atoms with Crippen LogP contribution in [-0.2, 0) is 5.54 Å². The van der Waals surface area contributed by atoms with E-state index < -0.39 is 0 Å². The highest BCUT2D eigenvalue weighted by atomic mass is 35.5. The summed E-state index contributed by atoms with van der Waals surface area (Å²) in [6.07, 6.45) is 9.72. The summed E-state index contributed by atoms with van der Waals surface area (Å²) < 4.78 is 0. The fourth-order valence-electron chi connectivity index (χ4n) is 4.10. The van der Waals surface area contributed by atoms with E-state index in [0.29, 0.717) is 5.54 Å². The molecular formula is C18H28ClN. The van der Waals surface area contributed by atoms with Crippen molar-refractivity contribution in [2.24, 2.45) is 5.92 Å². The van der Waals surface area contributed by atoms with E-state index in [2.05, 4.69) is 42.2 Å². The Balaban J connectivity index is 0.00000147. The topological polar surface area (TPSA) is 3.24 Å². The number of hydrogen-bond acceptors (Lipinski definition) is 1. The molecule has 0 amide bonds. The minimum Gasteiger partial charge on any atom is -0.294 e.